The number of hydrogen-bond acceptors (Lipinski definition) is 3. The first-order valence-electron chi connectivity index (χ1n) is 8.52. The maximum Gasteiger partial charge on any atom is 0.396 e. The molecule has 2 aromatic carbocycles. The van der Waals surface area contributed by atoms with Crippen molar-refractivity contribution >= 4 is 11.9 Å². The molecule has 8 heteroatoms. The Hall–Kier alpha value is -3.03. The van der Waals surface area contributed by atoms with E-state index < -0.39 is 43.0 Å². The molecule has 2 aromatic rings. The van der Waals surface area contributed by atoms with Crippen molar-refractivity contribution in [1.29, 1.82) is 0 Å². The molecule has 2 atom stereocenters. The number of carbonyl (C=O) groups excluding carboxylic acids is 1. The maximum absolute atomic E-state index is 13.4. The second kappa shape index (κ2) is 9.25. The Kier molecular flexibility index (Phi) is 7.03. The highest BCUT2D eigenvalue weighted by Gasteiger charge is 2.41. The van der Waals surface area contributed by atoms with Crippen LogP contribution in [0.2, 0.25) is 0 Å². The Bertz CT molecular complexity index is 791. The minimum Gasteiger partial charge on any atom is -0.482 e. The van der Waals surface area contributed by atoms with Gasteiger partial charge in [-0.3, -0.25) is 4.79 Å². The van der Waals surface area contributed by atoms with Gasteiger partial charge in [-0.15, -0.1) is 0 Å². The van der Waals surface area contributed by atoms with Crippen molar-refractivity contribution in [1.82, 2.24) is 5.32 Å². The molecule has 0 aliphatic rings. The third-order valence-corrected chi connectivity index (χ3v) is 4.11. The lowest BCUT2D eigenvalue weighted by Crippen LogP contribution is -2.32. The molecule has 0 aliphatic carbocycles. The van der Waals surface area contributed by atoms with Gasteiger partial charge in [-0.05, 0) is 30.2 Å². The van der Waals surface area contributed by atoms with Crippen LogP contribution in [0.25, 0.3) is 0 Å². The SMILES string of the molecule is CC(NC(=O)CC(c1ccccc1)C(F)(F)F)c1ccc(OCC(=O)O)cc1. The first-order valence-corrected chi connectivity index (χ1v) is 8.52. The number of benzene rings is 2. The summed E-state index contributed by atoms with van der Waals surface area (Å²) in [7, 11) is 0. The summed E-state index contributed by atoms with van der Waals surface area (Å²) >= 11 is 0. The van der Waals surface area contributed by atoms with E-state index in [1.807, 2.05) is 0 Å². The van der Waals surface area contributed by atoms with Crippen molar-refractivity contribution in [2.45, 2.75) is 31.5 Å². The van der Waals surface area contributed by atoms with Crippen molar-refractivity contribution in [3.63, 3.8) is 0 Å². The number of nitrogens with one attached hydrogen (secondary N) is 1. The monoisotopic (exact) mass is 395 g/mol. The predicted octanol–water partition coefficient (Wildman–Crippen LogP) is 4.06. The zero-order chi connectivity index (χ0) is 20.7. The van der Waals surface area contributed by atoms with Crippen LogP contribution in [0, 0.1) is 0 Å². The molecule has 5 nitrogen and oxygen atoms in total. The second-order valence-electron chi connectivity index (χ2n) is 6.25. The molecule has 0 aliphatic heterocycles. The molecule has 0 spiro atoms. The van der Waals surface area contributed by atoms with E-state index in [-0.39, 0.29) is 5.56 Å². The van der Waals surface area contributed by atoms with Gasteiger partial charge in [0.15, 0.2) is 6.61 Å². The van der Waals surface area contributed by atoms with Crippen molar-refractivity contribution in [3.05, 3.63) is 65.7 Å². The van der Waals surface area contributed by atoms with E-state index in [4.69, 9.17) is 9.84 Å². The van der Waals surface area contributed by atoms with Crippen molar-refractivity contribution < 1.29 is 32.6 Å². The number of halogens is 3. The minimum absolute atomic E-state index is 0.0396. The molecule has 2 rings (SSSR count). The lowest BCUT2D eigenvalue weighted by Gasteiger charge is -2.22. The van der Waals surface area contributed by atoms with E-state index in [1.54, 1.807) is 25.1 Å². The second-order valence-corrected chi connectivity index (χ2v) is 6.25. The number of carboxylic acid groups (broad SMARTS) is 1. The summed E-state index contributed by atoms with van der Waals surface area (Å²) in [5.74, 6) is -3.37. The Morgan fingerprint density at radius 2 is 1.64 bits per heavy atom. The summed E-state index contributed by atoms with van der Waals surface area (Å²) in [5, 5.41) is 11.1. The quantitative estimate of drug-likeness (QED) is 0.707. The normalized spacial score (nSPS) is 13.4. The van der Waals surface area contributed by atoms with Gasteiger partial charge in [0, 0.05) is 6.42 Å². The van der Waals surface area contributed by atoms with Crippen molar-refractivity contribution in [2.75, 3.05) is 6.61 Å². The molecule has 0 saturated carbocycles. The summed E-state index contributed by atoms with van der Waals surface area (Å²) < 4.78 is 45.1. The van der Waals surface area contributed by atoms with Gasteiger partial charge >= 0.3 is 12.1 Å². The van der Waals surface area contributed by atoms with Gasteiger partial charge in [0.25, 0.3) is 0 Å². The summed E-state index contributed by atoms with van der Waals surface area (Å²) in [6.07, 6.45) is -5.25. The Balaban J connectivity index is 1.99. The number of alkyl halides is 3. The average Bonchev–Trinajstić information content (AvgIpc) is 2.64. The van der Waals surface area contributed by atoms with E-state index in [2.05, 4.69) is 5.32 Å². The molecule has 0 aromatic heterocycles. The predicted molar refractivity (Wildman–Crippen MR) is 96.0 cm³/mol. The number of carboxylic acids is 1. The molecule has 0 bridgehead atoms. The van der Waals surface area contributed by atoms with Gasteiger partial charge in [0.05, 0.1) is 12.0 Å². The van der Waals surface area contributed by atoms with Crippen molar-refractivity contribution in [3.8, 4) is 5.75 Å². The smallest absolute Gasteiger partial charge is 0.396 e. The highest BCUT2D eigenvalue weighted by molar-refractivity contribution is 5.77. The molecule has 0 heterocycles. The number of hydrogen-bond donors (Lipinski definition) is 2. The number of ether oxygens (including phenoxy) is 1. The van der Waals surface area contributed by atoms with Crippen LogP contribution in [0.1, 0.15) is 36.4 Å². The van der Waals surface area contributed by atoms with Gasteiger partial charge in [0.2, 0.25) is 5.91 Å². The standard InChI is InChI=1S/C20H20F3NO4/c1-13(14-7-9-16(10-8-14)28-12-19(26)27)24-18(25)11-17(20(21,22)23)15-5-3-2-4-6-15/h2-10,13,17H,11-12H2,1H3,(H,24,25)(H,26,27). The largest absolute Gasteiger partial charge is 0.482 e. The van der Waals surface area contributed by atoms with Crippen LogP contribution >= 0.6 is 0 Å². The van der Waals surface area contributed by atoms with E-state index in [0.29, 0.717) is 11.3 Å². The fourth-order valence-corrected chi connectivity index (χ4v) is 2.67. The van der Waals surface area contributed by atoms with Crippen LogP contribution in [-0.4, -0.2) is 29.8 Å². The summed E-state index contributed by atoms with van der Waals surface area (Å²) in [4.78, 5) is 22.7. The van der Waals surface area contributed by atoms with E-state index in [1.165, 1.54) is 36.4 Å². The molecule has 150 valence electrons. The molecule has 1 amide bonds. The fraction of sp³-hybridized carbons (Fsp3) is 0.300. The van der Waals surface area contributed by atoms with Gasteiger partial charge in [-0.2, -0.15) is 13.2 Å². The Morgan fingerprint density at radius 1 is 1.04 bits per heavy atom. The van der Waals surface area contributed by atoms with Crippen LogP contribution in [0.5, 0.6) is 5.75 Å². The first-order chi connectivity index (χ1) is 13.2. The minimum atomic E-state index is -4.54. The van der Waals surface area contributed by atoms with Gasteiger partial charge in [0.1, 0.15) is 5.75 Å². The van der Waals surface area contributed by atoms with Crippen LogP contribution in [-0.2, 0) is 9.59 Å². The van der Waals surface area contributed by atoms with E-state index >= 15 is 0 Å². The number of amides is 1. The number of aliphatic carboxylic acids is 1. The van der Waals surface area contributed by atoms with Crippen LogP contribution in [0.3, 0.4) is 0 Å². The molecular weight excluding hydrogens is 375 g/mol. The molecule has 0 radical (unpaired) electrons. The van der Waals surface area contributed by atoms with E-state index in [0.717, 1.165) is 0 Å². The first kappa shape index (κ1) is 21.3. The fourth-order valence-electron chi connectivity index (χ4n) is 2.67. The zero-order valence-electron chi connectivity index (χ0n) is 15.1. The van der Waals surface area contributed by atoms with Gasteiger partial charge in [-0.25, -0.2) is 4.79 Å². The van der Waals surface area contributed by atoms with Crippen LogP contribution < -0.4 is 10.1 Å². The molecule has 0 fully saturated rings. The lowest BCUT2D eigenvalue weighted by molar-refractivity contribution is -0.157. The Morgan fingerprint density at radius 3 is 2.18 bits per heavy atom. The van der Waals surface area contributed by atoms with Crippen LogP contribution in [0.4, 0.5) is 13.2 Å². The van der Waals surface area contributed by atoms with Crippen LogP contribution in [0.15, 0.2) is 54.6 Å². The molecule has 0 saturated heterocycles. The van der Waals surface area contributed by atoms with Gasteiger partial charge in [-0.1, -0.05) is 42.5 Å². The maximum atomic E-state index is 13.4. The van der Waals surface area contributed by atoms with E-state index in [9.17, 15) is 22.8 Å². The third-order valence-electron chi connectivity index (χ3n) is 4.11. The highest BCUT2D eigenvalue weighted by atomic mass is 19.4. The topological polar surface area (TPSA) is 75.6 Å². The molecule has 2 N–H and O–H groups in total. The average molecular weight is 395 g/mol. The van der Waals surface area contributed by atoms with Gasteiger partial charge < -0.3 is 15.2 Å². The molecule has 28 heavy (non-hydrogen) atoms. The number of carbonyl (C=O) groups is 2. The summed E-state index contributed by atoms with van der Waals surface area (Å²) in [6, 6.07) is 13.1. The summed E-state index contributed by atoms with van der Waals surface area (Å²) in [6.45, 7) is 1.17. The Labute approximate surface area is 160 Å². The molecular formula is C20H20F3NO4. The van der Waals surface area contributed by atoms with Crippen molar-refractivity contribution in [2.24, 2.45) is 0 Å². The lowest BCUT2D eigenvalue weighted by atomic mass is 9.94. The highest BCUT2D eigenvalue weighted by Crippen LogP contribution is 2.37. The number of rotatable bonds is 8. The third kappa shape index (κ3) is 6.29. The summed E-state index contributed by atoms with van der Waals surface area (Å²) in [5.41, 5.74) is 0.692. The zero-order valence-corrected chi connectivity index (χ0v) is 15.1. The molecule has 2 unspecified atom stereocenters.